The molecule has 0 atom stereocenters. The van der Waals surface area contributed by atoms with Crippen LogP contribution in [0.5, 0.6) is 0 Å². The lowest BCUT2D eigenvalue weighted by molar-refractivity contribution is 0.407. The molecule has 0 saturated carbocycles. The van der Waals surface area contributed by atoms with Crippen LogP contribution in [0.1, 0.15) is 16.5 Å². The zero-order chi connectivity index (χ0) is 9.80. The highest BCUT2D eigenvalue weighted by Gasteiger charge is 2.00. The molecule has 14 heavy (non-hydrogen) atoms. The van der Waals surface area contributed by atoms with Gasteiger partial charge < -0.3 is 9.84 Å². The maximum Gasteiger partial charge on any atom is 0.213 e. The molecule has 0 aromatic carbocycles. The number of thiazole rings is 1. The van der Waals surface area contributed by atoms with E-state index in [-0.39, 0.29) is 0 Å². The first-order valence-electron chi connectivity index (χ1n) is 4.21. The fraction of sp³-hybridized carbons (Fsp3) is 0.375. The van der Waals surface area contributed by atoms with Crippen LogP contribution in [0.4, 0.5) is 0 Å². The Morgan fingerprint density at radius 2 is 2.43 bits per heavy atom. The SMILES string of the molecule is Cc1nc(CNCc2ncon2)cs1. The van der Waals surface area contributed by atoms with E-state index in [9.17, 15) is 0 Å². The van der Waals surface area contributed by atoms with Crippen molar-refractivity contribution in [2.75, 3.05) is 0 Å². The van der Waals surface area contributed by atoms with Crippen molar-refractivity contribution in [3.8, 4) is 0 Å². The molecule has 0 aliphatic carbocycles. The van der Waals surface area contributed by atoms with Crippen molar-refractivity contribution in [2.24, 2.45) is 0 Å². The van der Waals surface area contributed by atoms with Crippen molar-refractivity contribution >= 4 is 11.3 Å². The van der Waals surface area contributed by atoms with Crippen LogP contribution in [0.25, 0.3) is 0 Å². The number of aryl methyl sites for hydroxylation is 1. The molecule has 2 aromatic heterocycles. The zero-order valence-electron chi connectivity index (χ0n) is 7.73. The minimum absolute atomic E-state index is 0.604. The Kier molecular flexibility index (Phi) is 2.85. The summed E-state index contributed by atoms with van der Waals surface area (Å²) < 4.78 is 4.61. The third-order valence-electron chi connectivity index (χ3n) is 1.66. The zero-order valence-corrected chi connectivity index (χ0v) is 8.54. The number of rotatable bonds is 4. The lowest BCUT2D eigenvalue weighted by Crippen LogP contribution is -2.13. The Balaban J connectivity index is 1.78. The molecule has 6 heteroatoms. The van der Waals surface area contributed by atoms with E-state index in [1.54, 1.807) is 11.3 Å². The van der Waals surface area contributed by atoms with E-state index in [2.05, 4.69) is 25.0 Å². The van der Waals surface area contributed by atoms with Crippen molar-refractivity contribution in [1.29, 1.82) is 0 Å². The van der Waals surface area contributed by atoms with Crippen molar-refractivity contribution in [1.82, 2.24) is 20.4 Å². The van der Waals surface area contributed by atoms with E-state index in [0.717, 1.165) is 17.2 Å². The molecule has 0 spiro atoms. The lowest BCUT2D eigenvalue weighted by Gasteiger charge is -1.96. The summed E-state index contributed by atoms with van der Waals surface area (Å²) in [4.78, 5) is 8.22. The maximum absolute atomic E-state index is 4.61. The summed E-state index contributed by atoms with van der Waals surface area (Å²) >= 11 is 1.65. The second kappa shape index (κ2) is 4.30. The highest BCUT2D eigenvalue weighted by molar-refractivity contribution is 7.09. The van der Waals surface area contributed by atoms with Gasteiger partial charge in [-0.05, 0) is 6.92 Å². The summed E-state index contributed by atoms with van der Waals surface area (Å²) in [5.41, 5.74) is 1.05. The molecule has 0 fully saturated rings. The second-order valence-corrected chi connectivity index (χ2v) is 3.87. The van der Waals surface area contributed by atoms with Crippen molar-refractivity contribution in [3.63, 3.8) is 0 Å². The summed E-state index contributed by atoms with van der Waals surface area (Å²) in [6, 6.07) is 0. The normalized spacial score (nSPS) is 10.6. The molecule has 0 amide bonds. The maximum atomic E-state index is 4.61. The van der Waals surface area contributed by atoms with Crippen LogP contribution >= 0.6 is 11.3 Å². The van der Waals surface area contributed by atoms with Crippen LogP contribution in [0.3, 0.4) is 0 Å². The summed E-state index contributed by atoms with van der Waals surface area (Å²) in [5, 5.41) is 9.99. The highest BCUT2D eigenvalue weighted by atomic mass is 32.1. The second-order valence-electron chi connectivity index (χ2n) is 2.81. The van der Waals surface area contributed by atoms with Gasteiger partial charge in [-0.15, -0.1) is 11.3 Å². The topological polar surface area (TPSA) is 63.8 Å². The number of nitrogens with zero attached hydrogens (tertiary/aromatic N) is 3. The standard InChI is InChI=1S/C8H10N4OS/c1-6-11-7(4-14-6)2-9-3-8-10-5-13-12-8/h4-5,9H,2-3H2,1H3. The van der Waals surface area contributed by atoms with Gasteiger partial charge in [0.15, 0.2) is 5.82 Å². The van der Waals surface area contributed by atoms with Gasteiger partial charge in [0.1, 0.15) is 0 Å². The molecule has 2 rings (SSSR count). The molecule has 0 aliphatic rings. The minimum atomic E-state index is 0.604. The molecule has 2 heterocycles. The van der Waals surface area contributed by atoms with Gasteiger partial charge in [0.2, 0.25) is 6.39 Å². The van der Waals surface area contributed by atoms with E-state index in [4.69, 9.17) is 0 Å². The quantitative estimate of drug-likeness (QED) is 0.819. The van der Waals surface area contributed by atoms with Gasteiger partial charge in [0.25, 0.3) is 0 Å². The molecular formula is C8H10N4OS. The average molecular weight is 210 g/mol. The largest absolute Gasteiger partial charge is 0.343 e. The fourth-order valence-electron chi connectivity index (χ4n) is 1.06. The van der Waals surface area contributed by atoms with E-state index in [1.165, 1.54) is 6.39 Å². The van der Waals surface area contributed by atoms with E-state index < -0.39 is 0 Å². The molecule has 0 saturated heterocycles. The molecule has 5 nitrogen and oxygen atoms in total. The predicted molar refractivity (Wildman–Crippen MR) is 51.7 cm³/mol. The minimum Gasteiger partial charge on any atom is -0.343 e. The molecule has 0 radical (unpaired) electrons. The van der Waals surface area contributed by atoms with Gasteiger partial charge in [-0.25, -0.2) is 4.98 Å². The Morgan fingerprint density at radius 1 is 1.50 bits per heavy atom. The van der Waals surface area contributed by atoms with Crippen molar-refractivity contribution in [3.05, 3.63) is 28.3 Å². The Morgan fingerprint density at radius 3 is 3.07 bits per heavy atom. The number of nitrogens with one attached hydrogen (secondary N) is 1. The van der Waals surface area contributed by atoms with E-state index >= 15 is 0 Å². The highest BCUT2D eigenvalue weighted by Crippen LogP contribution is 2.07. The van der Waals surface area contributed by atoms with Crippen molar-refractivity contribution < 1.29 is 4.52 Å². The smallest absolute Gasteiger partial charge is 0.213 e. The lowest BCUT2D eigenvalue weighted by atomic mass is 10.4. The van der Waals surface area contributed by atoms with E-state index in [0.29, 0.717) is 12.4 Å². The number of aromatic nitrogens is 3. The van der Waals surface area contributed by atoms with Crippen LogP contribution in [-0.2, 0) is 13.1 Å². The Labute approximate surface area is 85.2 Å². The predicted octanol–water partition coefficient (Wildman–Crippen LogP) is 1.12. The first-order chi connectivity index (χ1) is 6.84. The molecular weight excluding hydrogens is 200 g/mol. The monoisotopic (exact) mass is 210 g/mol. The molecule has 0 unspecified atom stereocenters. The molecule has 74 valence electrons. The van der Waals surface area contributed by atoms with Crippen LogP contribution < -0.4 is 5.32 Å². The molecule has 0 bridgehead atoms. The molecule has 0 aliphatic heterocycles. The fourth-order valence-corrected chi connectivity index (χ4v) is 1.67. The third kappa shape index (κ3) is 2.36. The molecule has 2 aromatic rings. The Hall–Kier alpha value is -1.27. The van der Waals surface area contributed by atoms with Crippen LogP contribution in [0.2, 0.25) is 0 Å². The van der Waals surface area contributed by atoms with Crippen LogP contribution in [0, 0.1) is 6.92 Å². The van der Waals surface area contributed by atoms with Crippen molar-refractivity contribution in [2.45, 2.75) is 20.0 Å². The summed E-state index contributed by atoms with van der Waals surface area (Å²) in [5.74, 6) is 0.664. The van der Waals surface area contributed by atoms with Crippen LogP contribution in [0.15, 0.2) is 16.3 Å². The first-order valence-corrected chi connectivity index (χ1v) is 5.09. The summed E-state index contributed by atoms with van der Waals surface area (Å²) in [7, 11) is 0. The van der Waals surface area contributed by atoms with Crippen LogP contribution in [-0.4, -0.2) is 15.1 Å². The summed E-state index contributed by atoms with van der Waals surface area (Å²) in [6.45, 7) is 3.33. The third-order valence-corrected chi connectivity index (χ3v) is 2.49. The average Bonchev–Trinajstić information content (AvgIpc) is 2.77. The summed E-state index contributed by atoms with van der Waals surface area (Å²) in [6.07, 6.45) is 1.32. The van der Waals surface area contributed by atoms with E-state index in [1.807, 2.05) is 12.3 Å². The van der Waals surface area contributed by atoms with Gasteiger partial charge in [0, 0.05) is 11.9 Å². The van der Waals surface area contributed by atoms with Gasteiger partial charge in [-0.3, -0.25) is 0 Å². The van der Waals surface area contributed by atoms with Gasteiger partial charge in [-0.2, -0.15) is 4.98 Å². The Bertz CT molecular complexity index is 384. The van der Waals surface area contributed by atoms with Gasteiger partial charge >= 0.3 is 0 Å². The first kappa shape index (κ1) is 9.29. The van der Waals surface area contributed by atoms with Gasteiger partial charge in [0.05, 0.1) is 17.2 Å². The van der Waals surface area contributed by atoms with Gasteiger partial charge in [-0.1, -0.05) is 5.16 Å². The number of hydrogen-bond donors (Lipinski definition) is 1. The number of hydrogen-bond acceptors (Lipinski definition) is 6. The molecule has 1 N–H and O–H groups in total.